The van der Waals surface area contributed by atoms with Gasteiger partial charge in [0.2, 0.25) is 0 Å². The largest absolute Gasteiger partial charge is 0.376 e. The predicted octanol–water partition coefficient (Wildman–Crippen LogP) is 1.62. The van der Waals surface area contributed by atoms with Crippen LogP contribution < -0.4 is 5.32 Å². The van der Waals surface area contributed by atoms with Gasteiger partial charge >= 0.3 is 11.8 Å². The first-order chi connectivity index (χ1) is 14.1. The van der Waals surface area contributed by atoms with Crippen LogP contribution in [-0.4, -0.2) is 73.6 Å². The van der Waals surface area contributed by atoms with E-state index in [4.69, 9.17) is 4.74 Å². The van der Waals surface area contributed by atoms with Crippen molar-refractivity contribution in [3.63, 3.8) is 0 Å². The van der Waals surface area contributed by atoms with Gasteiger partial charge in [-0.2, -0.15) is 0 Å². The maximum absolute atomic E-state index is 12.6. The van der Waals surface area contributed by atoms with E-state index >= 15 is 0 Å². The molecule has 1 atom stereocenters. The number of hydrogen-bond acceptors (Lipinski definition) is 4. The van der Waals surface area contributed by atoms with E-state index in [1.807, 2.05) is 0 Å². The third kappa shape index (κ3) is 4.81. The van der Waals surface area contributed by atoms with E-state index < -0.39 is 11.8 Å². The number of nitrogens with one attached hydrogen (secondary N) is 1. The van der Waals surface area contributed by atoms with Crippen molar-refractivity contribution in [2.24, 2.45) is 5.92 Å². The average molecular weight is 400 g/mol. The minimum absolute atomic E-state index is 0.0701. The van der Waals surface area contributed by atoms with Crippen LogP contribution in [0.15, 0.2) is 24.3 Å². The van der Waals surface area contributed by atoms with Crippen LogP contribution in [0.4, 0.5) is 0 Å². The monoisotopic (exact) mass is 399 g/mol. The number of likely N-dealkylation sites (tertiary alicyclic amines) is 1. The van der Waals surface area contributed by atoms with Crippen LogP contribution in [0.2, 0.25) is 0 Å². The van der Waals surface area contributed by atoms with Crippen LogP contribution in [0.5, 0.6) is 0 Å². The van der Waals surface area contributed by atoms with Crippen molar-refractivity contribution in [3.8, 4) is 0 Å². The van der Waals surface area contributed by atoms with Gasteiger partial charge < -0.3 is 15.0 Å². The lowest BCUT2D eigenvalue weighted by molar-refractivity contribution is -0.147. The second kappa shape index (κ2) is 9.26. The molecule has 6 nitrogen and oxygen atoms in total. The Labute approximate surface area is 173 Å². The number of benzene rings is 1. The highest BCUT2D eigenvalue weighted by Crippen LogP contribution is 2.29. The first-order valence-electron chi connectivity index (χ1n) is 11.1. The Kier molecular flexibility index (Phi) is 6.50. The molecular formula is C23H33N3O3. The fourth-order valence-corrected chi connectivity index (χ4v) is 5.13. The molecule has 1 aromatic carbocycles. The predicted molar refractivity (Wildman–Crippen MR) is 112 cm³/mol. The molecule has 2 heterocycles. The van der Waals surface area contributed by atoms with E-state index in [1.54, 1.807) is 4.90 Å². The molecule has 29 heavy (non-hydrogen) atoms. The summed E-state index contributed by atoms with van der Waals surface area (Å²) >= 11 is 0. The highest BCUT2D eigenvalue weighted by Gasteiger charge is 2.32. The summed E-state index contributed by atoms with van der Waals surface area (Å²) in [5, 5.41) is 2.48. The number of hydrogen-bond donors (Lipinski definition) is 1. The zero-order chi connectivity index (χ0) is 20.2. The van der Waals surface area contributed by atoms with Crippen LogP contribution >= 0.6 is 0 Å². The quantitative estimate of drug-likeness (QED) is 0.765. The van der Waals surface area contributed by atoms with Crippen molar-refractivity contribution in [3.05, 3.63) is 35.4 Å². The first-order valence-corrected chi connectivity index (χ1v) is 11.1. The third-order valence-electron chi connectivity index (χ3n) is 6.83. The van der Waals surface area contributed by atoms with Gasteiger partial charge in [-0.1, -0.05) is 24.3 Å². The number of likely N-dealkylation sites (N-methyl/N-ethyl adjacent to an activating group) is 1. The van der Waals surface area contributed by atoms with Gasteiger partial charge in [-0.3, -0.25) is 14.5 Å². The summed E-state index contributed by atoms with van der Waals surface area (Å²) in [5.41, 5.74) is 3.00. The fourth-order valence-electron chi connectivity index (χ4n) is 5.13. The molecule has 0 spiro atoms. The number of ether oxygens (including phenoxy) is 1. The average Bonchev–Trinajstić information content (AvgIpc) is 3.42. The molecule has 2 aliphatic heterocycles. The van der Waals surface area contributed by atoms with Gasteiger partial charge in [-0.25, -0.2) is 0 Å². The number of fused-ring (bicyclic) bond motifs is 1. The minimum atomic E-state index is -0.524. The third-order valence-corrected chi connectivity index (χ3v) is 6.83. The fraction of sp³-hybridized carbons (Fsp3) is 0.652. The lowest BCUT2D eigenvalue weighted by Crippen LogP contribution is -2.49. The van der Waals surface area contributed by atoms with Crippen LogP contribution in [0.25, 0.3) is 0 Å². The molecule has 2 saturated heterocycles. The minimum Gasteiger partial charge on any atom is -0.376 e. The maximum Gasteiger partial charge on any atom is 0.311 e. The van der Waals surface area contributed by atoms with Crippen molar-refractivity contribution in [1.82, 2.24) is 15.1 Å². The molecule has 0 aromatic heterocycles. The number of nitrogens with zero attached hydrogens (tertiary/aromatic N) is 2. The molecule has 4 rings (SSSR count). The molecule has 0 saturated carbocycles. The van der Waals surface area contributed by atoms with Crippen molar-refractivity contribution in [1.29, 1.82) is 0 Å². The molecule has 0 unspecified atom stereocenters. The lowest BCUT2D eigenvalue weighted by Gasteiger charge is -2.38. The normalized spacial score (nSPS) is 23.1. The van der Waals surface area contributed by atoms with Gasteiger partial charge in [0.25, 0.3) is 0 Å². The van der Waals surface area contributed by atoms with Gasteiger partial charge in [0.05, 0.1) is 6.10 Å². The van der Waals surface area contributed by atoms with E-state index in [0.29, 0.717) is 25.0 Å². The van der Waals surface area contributed by atoms with Gasteiger partial charge in [0, 0.05) is 32.8 Å². The van der Waals surface area contributed by atoms with Crippen LogP contribution in [0, 0.1) is 5.92 Å². The Bertz CT molecular complexity index is 699. The molecule has 158 valence electrons. The van der Waals surface area contributed by atoms with E-state index in [2.05, 4.69) is 34.5 Å². The van der Waals surface area contributed by atoms with Crippen molar-refractivity contribution in [2.45, 2.75) is 50.7 Å². The van der Waals surface area contributed by atoms with Crippen LogP contribution in [0.1, 0.15) is 36.8 Å². The summed E-state index contributed by atoms with van der Waals surface area (Å²) in [4.78, 5) is 28.9. The molecule has 0 radical (unpaired) electrons. The van der Waals surface area contributed by atoms with E-state index in [-0.39, 0.29) is 6.10 Å². The Morgan fingerprint density at radius 1 is 1.10 bits per heavy atom. The molecule has 1 aliphatic carbocycles. The summed E-state index contributed by atoms with van der Waals surface area (Å²) in [6, 6.07) is 9.41. The highest BCUT2D eigenvalue weighted by atomic mass is 16.5. The Morgan fingerprint density at radius 2 is 1.79 bits per heavy atom. The Hall–Kier alpha value is -1.92. The molecule has 2 fully saturated rings. The second-order valence-corrected chi connectivity index (χ2v) is 8.73. The first kappa shape index (κ1) is 20.4. The number of carbonyl (C=O) groups excluding carboxylic acids is 2. The summed E-state index contributed by atoms with van der Waals surface area (Å²) in [6.45, 7) is 4.10. The van der Waals surface area contributed by atoms with Gasteiger partial charge in [0.15, 0.2) is 0 Å². The summed E-state index contributed by atoms with van der Waals surface area (Å²) in [5.74, 6) is -0.495. The van der Waals surface area contributed by atoms with Crippen molar-refractivity contribution in [2.75, 3.05) is 39.8 Å². The molecular weight excluding hydrogens is 366 g/mol. The van der Waals surface area contributed by atoms with Crippen molar-refractivity contribution >= 4 is 11.8 Å². The Balaban J connectivity index is 1.30. The Morgan fingerprint density at radius 3 is 2.38 bits per heavy atom. The van der Waals surface area contributed by atoms with E-state index in [0.717, 1.165) is 58.2 Å². The van der Waals surface area contributed by atoms with Gasteiger partial charge in [-0.15, -0.1) is 0 Å². The van der Waals surface area contributed by atoms with Gasteiger partial charge in [-0.05, 0) is 68.7 Å². The van der Waals surface area contributed by atoms with E-state index in [9.17, 15) is 9.59 Å². The number of piperidine rings is 1. The number of rotatable bonds is 5. The summed E-state index contributed by atoms with van der Waals surface area (Å²) < 4.78 is 5.72. The van der Waals surface area contributed by atoms with E-state index in [1.165, 1.54) is 18.2 Å². The zero-order valence-corrected chi connectivity index (χ0v) is 17.4. The highest BCUT2D eigenvalue weighted by molar-refractivity contribution is 6.34. The summed E-state index contributed by atoms with van der Waals surface area (Å²) in [6.07, 6.45) is 6.54. The lowest BCUT2D eigenvalue weighted by atomic mass is 9.94. The maximum atomic E-state index is 12.6. The van der Waals surface area contributed by atoms with Gasteiger partial charge in [0.1, 0.15) is 0 Å². The zero-order valence-electron chi connectivity index (χ0n) is 17.4. The van der Waals surface area contributed by atoms with Crippen molar-refractivity contribution < 1.29 is 14.3 Å². The number of carbonyl (C=O) groups is 2. The molecule has 0 bridgehead atoms. The SMILES string of the molecule is CNC(=O)C(=O)N(CC1CCN(C2Cc3ccccc3C2)CC1)C[C@H]1CCCO1. The number of amides is 2. The molecule has 1 N–H and O–H groups in total. The molecule has 1 aromatic rings. The smallest absolute Gasteiger partial charge is 0.311 e. The molecule has 6 heteroatoms. The topological polar surface area (TPSA) is 61.9 Å². The second-order valence-electron chi connectivity index (χ2n) is 8.73. The summed E-state index contributed by atoms with van der Waals surface area (Å²) in [7, 11) is 1.52. The molecule has 2 amide bonds. The molecule has 3 aliphatic rings. The van der Waals surface area contributed by atoms with Crippen LogP contribution in [0.3, 0.4) is 0 Å². The standard InChI is InChI=1S/C23H33N3O3/c1-24-22(27)23(28)26(16-21-7-4-12-29-21)15-17-8-10-25(11-9-17)20-13-18-5-2-3-6-19(18)14-20/h2-3,5-6,17,20-21H,4,7-16H2,1H3,(H,24,27)/t21-/m1/s1. The van der Waals surface area contributed by atoms with Crippen LogP contribution in [-0.2, 0) is 27.2 Å².